The Bertz CT molecular complexity index is 1310. The molecule has 1 aromatic carbocycles. The molecule has 12 nitrogen and oxygen atoms in total. The monoisotopic (exact) mass is 510 g/mol. The summed E-state index contributed by atoms with van der Waals surface area (Å²) in [6, 6.07) is 6.31. The number of rotatable bonds is 6. The number of anilines is 2. The summed E-state index contributed by atoms with van der Waals surface area (Å²) >= 11 is 0. The zero-order valence-electron chi connectivity index (χ0n) is 21.0. The maximum Gasteiger partial charge on any atom is 0.407 e. The molecule has 13 heteroatoms. The first-order valence-electron chi connectivity index (χ1n) is 11.9. The van der Waals surface area contributed by atoms with Gasteiger partial charge in [-0.1, -0.05) is 5.22 Å². The summed E-state index contributed by atoms with van der Waals surface area (Å²) in [6.07, 6.45) is 4.54. The third-order valence-electron chi connectivity index (χ3n) is 5.88. The molecule has 0 bridgehead atoms. The number of nitrogens with zero attached hydrogens (tertiary/aromatic N) is 6. The minimum absolute atomic E-state index is 0.0391. The molecule has 1 amide bonds. The molecule has 1 saturated heterocycles. The summed E-state index contributed by atoms with van der Waals surface area (Å²) in [5.41, 5.74) is 1.77. The van der Waals surface area contributed by atoms with E-state index in [0.717, 1.165) is 37.0 Å². The average Bonchev–Trinajstić information content (AvgIpc) is 3.24. The molecule has 37 heavy (non-hydrogen) atoms. The van der Waals surface area contributed by atoms with E-state index in [9.17, 15) is 9.18 Å². The Morgan fingerprint density at radius 3 is 2.76 bits per heavy atom. The molecular weight excluding hydrogens is 479 g/mol. The van der Waals surface area contributed by atoms with E-state index < -0.39 is 11.4 Å². The first-order valence-corrected chi connectivity index (χ1v) is 11.9. The quantitative estimate of drug-likeness (QED) is 0.129. The highest BCUT2D eigenvalue weighted by molar-refractivity contribution is 5.98. The van der Waals surface area contributed by atoms with Crippen LogP contribution in [0, 0.1) is 11.2 Å². The molecule has 196 valence electrons. The summed E-state index contributed by atoms with van der Waals surface area (Å²) in [6.45, 7) is 7.84. The molecule has 0 aliphatic carbocycles. The summed E-state index contributed by atoms with van der Waals surface area (Å²) < 4.78 is 21.3. The van der Waals surface area contributed by atoms with Gasteiger partial charge in [-0.2, -0.15) is 5.10 Å². The number of aromatic nitrogens is 3. The smallest absolute Gasteiger partial charge is 0.407 e. The number of hydrogen-bond acceptors (Lipinski definition) is 8. The van der Waals surface area contributed by atoms with Gasteiger partial charge in [-0.15, -0.1) is 5.11 Å². The Morgan fingerprint density at radius 1 is 1.30 bits per heavy atom. The van der Waals surface area contributed by atoms with Crippen LogP contribution in [0.2, 0.25) is 0 Å². The molecule has 0 spiro atoms. The Morgan fingerprint density at radius 2 is 2.05 bits per heavy atom. The molecule has 0 atom stereocenters. The highest BCUT2D eigenvalue weighted by Crippen LogP contribution is 2.26. The van der Waals surface area contributed by atoms with Crippen LogP contribution in [0.3, 0.4) is 0 Å². The van der Waals surface area contributed by atoms with E-state index >= 15 is 0 Å². The van der Waals surface area contributed by atoms with Gasteiger partial charge in [0.1, 0.15) is 23.3 Å². The molecule has 4 rings (SSSR count). The van der Waals surface area contributed by atoms with Gasteiger partial charge in [0, 0.05) is 37.6 Å². The number of amidine groups is 1. The number of amides is 1. The molecule has 3 aromatic rings. The lowest BCUT2D eigenvalue weighted by atomic mass is 10.0. The van der Waals surface area contributed by atoms with Crippen LogP contribution >= 0.6 is 0 Å². The minimum Gasteiger partial charge on any atom is -0.444 e. The molecule has 3 heterocycles. The van der Waals surface area contributed by atoms with E-state index in [0.29, 0.717) is 18.1 Å². The minimum atomic E-state index is -0.608. The van der Waals surface area contributed by atoms with Gasteiger partial charge >= 0.3 is 6.09 Å². The molecule has 1 fully saturated rings. The van der Waals surface area contributed by atoms with Crippen LogP contribution in [-0.2, 0) is 11.3 Å². The number of nitrogens with one attached hydrogen (secondary N) is 3. The van der Waals surface area contributed by atoms with Crippen molar-refractivity contribution in [3.05, 3.63) is 53.7 Å². The van der Waals surface area contributed by atoms with Crippen LogP contribution in [0.15, 0.2) is 47.1 Å². The number of piperidine rings is 1. The number of nitrogens with two attached hydrogens (primary N) is 1. The normalized spacial score (nSPS) is 15.2. The first-order chi connectivity index (χ1) is 17.6. The fourth-order valence-corrected chi connectivity index (χ4v) is 4.22. The van der Waals surface area contributed by atoms with Crippen LogP contribution < -0.4 is 16.5 Å². The van der Waals surface area contributed by atoms with E-state index in [1.165, 1.54) is 18.5 Å². The van der Waals surface area contributed by atoms with E-state index in [-0.39, 0.29) is 23.5 Å². The van der Waals surface area contributed by atoms with Crippen LogP contribution in [0.25, 0.3) is 5.52 Å². The summed E-state index contributed by atoms with van der Waals surface area (Å²) in [5, 5.41) is 24.8. The number of alkyl carbamates (subject to hydrolysis) is 1. The Kier molecular flexibility index (Phi) is 7.62. The fraction of sp³-hybridized carbons (Fsp3) is 0.417. The third-order valence-corrected chi connectivity index (χ3v) is 5.88. The Labute approximate surface area is 213 Å². The lowest BCUT2D eigenvalue weighted by Gasteiger charge is -2.32. The van der Waals surface area contributed by atoms with E-state index in [1.54, 1.807) is 10.6 Å². The molecule has 0 saturated carbocycles. The Hall–Kier alpha value is -4.13. The maximum atomic E-state index is 14.2. The topological polar surface area (TPSA) is 158 Å². The number of hydrogen-bond donors (Lipinski definition) is 4. The zero-order valence-corrected chi connectivity index (χ0v) is 21.0. The molecule has 1 aliphatic rings. The number of carbonyl (C=O) groups excluding carboxylic acids is 1. The average molecular weight is 511 g/mol. The number of halogens is 1. The predicted molar refractivity (Wildman–Crippen MR) is 136 cm³/mol. The lowest BCUT2D eigenvalue weighted by Crippen LogP contribution is -2.45. The van der Waals surface area contributed by atoms with Crippen molar-refractivity contribution in [2.75, 3.05) is 18.4 Å². The van der Waals surface area contributed by atoms with Gasteiger partial charge in [0.05, 0.1) is 5.56 Å². The third kappa shape index (κ3) is 6.55. The van der Waals surface area contributed by atoms with Gasteiger partial charge in [0.25, 0.3) is 0 Å². The zero-order chi connectivity index (χ0) is 26.6. The number of carbonyl (C=O) groups is 1. The fourth-order valence-electron chi connectivity index (χ4n) is 4.22. The van der Waals surface area contributed by atoms with Gasteiger partial charge < -0.3 is 21.2 Å². The Balaban J connectivity index is 1.45. The van der Waals surface area contributed by atoms with E-state index in [2.05, 4.69) is 36.0 Å². The van der Waals surface area contributed by atoms with Crippen LogP contribution in [0.5, 0.6) is 0 Å². The van der Waals surface area contributed by atoms with Crippen molar-refractivity contribution in [3.8, 4) is 0 Å². The van der Waals surface area contributed by atoms with Gasteiger partial charge in [-0.3, -0.25) is 10.3 Å². The second kappa shape index (κ2) is 10.9. The van der Waals surface area contributed by atoms with Gasteiger partial charge in [-0.25, -0.2) is 18.7 Å². The lowest BCUT2D eigenvalue weighted by molar-refractivity contribution is 0.0477. The first kappa shape index (κ1) is 25.9. The maximum absolute atomic E-state index is 14.2. The number of likely N-dealkylation sites (tertiary alicyclic amines) is 1. The van der Waals surface area contributed by atoms with E-state index in [1.807, 2.05) is 33.0 Å². The van der Waals surface area contributed by atoms with Crippen molar-refractivity contribution >= 4 is 29.0 Å². The van der Waals surface area contributed by atoms with Gasteiger partial charge in [0.15, 0.2) is 11.7 Å². The SMILES string of the molecule is CC(C)(C)OC(=O)NC1CCN(Cc2ccn3ncnc(Nc4ccc(F)c(C(=N)N=NN)c4)c23)CC1. The largest absolute Gasteiger partial charge is 0.444 e. The molecule has 0 radical (unpaired) electrons. The molecule has 1 aliphatic heterocycles. The van der Waals surface area contributed by atoms with Crippen molar-refractivity contribution in [3.63, 3.8) is 0 Å². The summed E-state index contributed by atoms with van der Waals surface area (Å²) in [7, 11) is 0. The van der Waals surface area contributed by atoms with Crippen molar-refractivity contribution in [1.82, 2.24) is 24.8 Å². The van der Waals surface area contributed by atoms with Crippen LogP contribution in [0.1, 0.15) is 44.7 Å². The van der Waals surface area contributed by atoms with Gasteiger partial charge in [-0.05, 0) is 63.4 Å². The van der Waals surface area contributed by atoms with Crippen molar-refractivity contribution in [1.29, 1.82) is 5.41 Å². The highest BCUT2D eigenvalue weighted by Gasteiger charge is 2.24. The van der Waals surface area contributed by atoms with Crippen LogP contribution in [-0.4, -0.2) is 56.2 Å². The second-order valence-electron chi connectivity index (χ2n) is 9.82. The molecular formula is C24H31FN10O2. The number of fused-ring (bicyclic) bond motifs is 1. The molecule has 5 N–H and O–H groups in total. The van der Waals surface area contributed by atoms with Gasteiger partial charge in [0.2, 0.25) is 0 Å². The van der Waals surface area contributed by atoms with E-state index in [4.69, 9.17) is 16.0 Å². The summed E-state index contributed by atoms with van der Waals surface area (Å²) in [4.78, 5) is 18.8. The summed E-state index contributed by atoms with van der Waals surface area (Å²) in [5.74, 6) is 4.55. The van der Waals surface area contributed by atoms with Crippen molar-refractivity contribution in [2.45, 2.75) is 51.8 Å². The number of ether oxygens (including phenoxy) is 1. The standard InChI is InChI=1S/C24H31FN10O2/c1-24(2,3)37-23(36)31-16-7-9-34(10-8-16)13-15-6-11-35-20(15)22(28-14-29-35)30-17-4-5-19(25)18(12-17)21(26)32-33-27/h4-6,11-12,14,16H,7-10,13H2,1-3H3,(H,31,36)(H3,26,27,32)(H,28,29,30). The van der Waals surface area contributed by atoms with Crippen LogP contribution in [0.4, 0.5) is 20.7 Å². The van der Waals surface area contributed by atoms with Crippen molar-refractivity contribution < 1.29 is 13.9 Å². The van der Waals surface area contributed by atoms with Crippen molar-refractivity contribution in [2.24, 2.45) is 16.2 Å². The molecule has 2 aromatic heterocycles. The highest BCUT2D eigenvalue weighted by atomic mass is 19.1. The predicted octanol–water partition coefficient (Wildman–Crippen LogP) is 3.75. The molecule has 0 unspecified atom stereocenters. The second-order valence-corrected chi connectivity index (χ2v) is 9.82. The number of benzene rings is 1.